The first-order chi connectivity index (χ1) is 9.11. The molecule has 0 aliphatic heterocycles. The molecule has 0 spiro atoms. The summed E-state index contributed by atoms with van der Waals surface area (Å²) < 4.78 is 17.6. The van der Waals surface area contributed by atoms with Crippen LogP contribution in [0.4, 0.5) is 4.39 Å². The van der Waals surface area contributed by atoms with E-state index in [0.717, 1.165) is 34.7 Å². The standard InChI is InChI=1S/C14H18FN3S/c1-4-5-16-13(14-10(3)17-18-19-14)11-6-9(2)7-12(15)8-11/h6-8,13,16H,4-5H2,1-3H3. The molecule has 1 heterocycles. The van der Waals surface area contributed by atoms with Gasteiger partial charge in [-0.1, -0.05) is 17.5 Å². The predicted octanol–water partition coefficient (Wildman–Crippen LogP) is 3.38. The van der Waals surface area contributed by atoms with E-state index in [4.69, 9.17) is 0 Å². The number of halogens is 1. The first-order valence-electron chi connectivity index (χ1n) is 6.41. The Labute approximate surface area is 117 Å². The Morgan fingerprint density at radius 1 is 1.32 bits per heavy atom. The molecule has 1 aromatic carbocycles. The van der Waals surface area contributed by atoms with Crippen molar-refractivity contribution in [1.82, 2.24) is 14.9 Å². The molecule has 5 heteroatoms. The molecule has 2 aromatic rings. The van der Waals surface area contributed by atoms with E-state index in [9.17, 15) is 4.39 Å². The summed E-state index contributed by atoms with van der Waals surface area (Å²) in [7, 11) is 0. The molecule has 19 heavy (non-hydrogen) atoms. The molecule has 0 aliphatic rings. The van der Waals surface area contributed by atoms with Gasteiger partial charge in [0.25, 0.3) is 0 Å². The molecule has 0 aliphatic carbocycles. The summed E-state index contributed by atoms with van der Waals surface area (Å²) in [5.41, 5.74) is 2.76. The zero-order valence-corrected chi connectivity index (χ0v) is 12.2. The van der Waals surface area contributed by atoms with Crippen molar-refractivity contribution in [3.8, 4) is 0 Å². The quantitative estimate of drug-likeness (QED) is 0.911. The third-order valence-electron chi connectivity index (χ3n) is 2.95. The van der Waals surface area contributed by atoms with Crippen LogP contribution in [0.2, 0.25) is 0 Å². The highest BCUT2D eigenvalue weighted by Gasteiger charge is 2.19. The van der Waals surface area contributed by atoms with E-state index in [0.29, 0.717) is 0 Å². The van der Waals surface area contributed by atoms with Gasteiger partial charge >= 0.3 is 0 Å². The van der Waals surface area contributed by atoms with Crippen LogP contribution in [0.1, 0.15) is 41.1 Å². The van der Waals surface area contributed by atoms with Gasteiger partial charge in [-0.3, -0.25) is 0 Å². The zero-order chi connectivity index (χ0) is 13.8. The summed E-state index contributed by atoms with van der Waals surface area (Å²) in [5.74, 6) is -0.201. The van der Waals surface area contributed by atoms with Crippen molar-refractivity contribution in [2.24, 2.45) is 0 Å². The average molecular weight is 279 g/mol. The summed E-state index contributed by atoms with van der Waals surface area (Å²) in [5, 5.41) is 7.50. The van der Waals surface area contributed by atoms with Gasteiger partial charge in [-0.2, -0.15) is 0 Å². The number of rotatable bonds is 5. The largest absolute Gasteiger partial charge is 0.305 e. The predicted molar refractivity (Wildman–Crippen MR) is 75.9 cm³/mol. The van der Waals surface area contributed by atoms with Gasteiger partial charge in [0.05, 0.1) is 16.6 Å². The fourth-order valence-electron chi connectivity index (χ4n) is 2.08. The van der Waals surface area contributed by atoms with E-state index in [-0.39, 0.29) is 11.9 Å². The molecule has 102 valence electrons. The van der Waals surface area contributed by atoms with Gasteiger partial charge in [0.2, 0.25) is 0 Å². The number of nitrogens with zero attached hydrogens (tertiary/aromatic N) is 2. The lowest BCUT2D eigenvalue weighted by atomic mass is 10.0. The topological polar surface area (TPSA) is 37.8 Å². The Morgan fingerprint density at radius 2 is 2.11 bits per heavy atom. The van der Waals surface area contributed by atoms with E-state index < -0.39 is 0 Å². The Balaban J connectivity index is 2.39. The molecule has 1 aromatic heterocycles. The first kappa shape index (κ1) is 14.1. The van der Waals surface area contributed by atoms with Crippen LogP contribution in [0, 0.1) is 19.7 Å². The van der Waals surface area contributed by atoms with Crippen molar-refractivity contribution in [1.29, 1.82) is 0 Å². The molecule has 1 N–H and O–H groups in total. The van der Waals surface area contributed by atoms with Gasteiger partial charge in [-0.05, 0) is 61.6 Å². The van der Waals surface area contributed by atoms with Gasteiger partial charge < -0.3 is 5.32 Å². The number of benzene rings is 1. The van der Waals surface area contributed by atoms with Crippen molar-refractivity contribution in [3.05, 3.63) is 45.7 Å². The van der Waals surface area contributed by atoms with Crippen LogP contribution in [-0.4, -0.2) is 16.1 Å². The summed E-state index contributed by atoms with van der Waals surface area (Å²) in [6.45, 7) is 6.82. The molecule has 1 atom stereocenters. The van der Waals surface area contributed by atoms with Crippen molar-refractivity contribution in [2.75, 3.05) is 6.54 Å². The van der Waals surface area contributed by atoms with Crippen molar-refractivity contribution in [3.63, 3.8) is 0 Å². The van der Waals surface area contributed by atoms with E-state index in [1.807, 2.05) is 19.9 Å². The summed E-state index contributed by atoms with van der Waals surface area (Å²) in [4.78, 5) is 1.05. The Kier molecular flexibility index (Phi) is 4.61. The maximum atomic E-state index is 13.6. The smallest absolute Gasteiger partial charge is 0.123 e. The highest BCUT2D eigenvalue weighted by atomic mass is 32.1. The number of hydrogen-bond acceptors (Lipinski definition) is 4. The van der Waals surface area contributed by atoms with Crippen LogP contribution in [0.5, 0.6) is 0 Å². The van der Waals surface area contributed by atoms with Crippen LogP contribution < -0.4 is 5.32 Å². The maximum absolute atomic E-state index is 13.6. The number of nitrogens with one attached hydrogen (secondary N) is 1. The van der Waals surface area contributed by atoms with Gasteiger partial charge in [0.15, 0.2) is 0 Å². The van der Waals surface area contributed by atoms with Crippen LogP contribution in [0.15, 0.2) is 18.2 Å². The van der Waals surface area contributed by atoms with Crippen LogP contribution in [0.3, 0.4) is 0 Å². The monoisotopic (exact) mass is 279 g/mol. The SMILES string of the molecule is CCCNC(c1cc(C)cc(F)c1)c1snnc1C. The van der Waals surface area contributed by atoms with E-state index >= 15 is 0 Å². The summed E-state index contributed by atoms with van der Waals surface area (Å²) in [6, 6.07) is 5.10. The normalized spacial score (nSPS) is 12.6. The van der Waals surface area contributed by atoms with Gasteiger partial charge in [-0.15, -0.1) is 5.10 Å². The van der Waals surface area contributed by atoms with Crippen molar-refractivity contribution in [2.45, 2.75) is 33.2 Å². The minimum Gasteiger partial charge on any atom is -0.305 e. The molecule has 0 fully saturated rings. The Hall–Kier alpha value is -1.33. The minimum atomic E-state index is -0.201. The average Bonchev–Trinajstić information content (AvgIpc) is 2.75. The second-order valence-electron chi connectivity index (χ2n) is 4.67. The molecule has 1 unspecified atom stereocenters. The molecule has 0 saturated heterocycles. The van der Waals surface area contributed by atoms with E-state index in [1.165, 1.54) is 17.6 Å². The number of aryl methyl sites for hydroxylation is 2. The number of hydrogen-bond donors (Lipinski definition) is 1. The van der Waals surface area contributed by atoms with Crippen LogP contribution >= 0.6 is 11.5 Å². The number of aromatic nitrogens is 2. The molecular formula is C14H18FN3S. The van der Waals surface area contributed by atoms with Crippen molar-refractivity contribution < 1.29 is 4.39 Å². The third kappa shape index (κ3) is 3.36. The van der Waals surface area contributed by atoms with E-state index in [2.05, 4.69) is 21.8 Å². The van der Waals surface area contributed by atoms with Gasteiger partial charge in [0, 0.05) is 0 Å². The lowest BCUT2D eigenvalue weighted by molar-refractivity contribution is 0.587. The van der Waals surface area contributed by atoms with Crippen LogP contribution in [0.25, 0.3) is 0 Å². The molecular weight excluding hydrogens is 261 g/mol. The van der Waals surface area contributed by atoms with E-state index in [1.54, 1.807) is 6.07 Å². The summed E-state index contributed by atoms with van der Waals surface area (Å²) >= 11 is 1.37. The van der Waals surface area contributed by atoms with Gasteiger partial charge in [0.1, 0.15) is 5.82 Å². The minimum absolute atomic E-state index is 0.0330. The second kappa shape index (κ2) is 6.21. The molecule has 3 nitrogen and oxygen atoms in total. The van der Waals surface area contributed by atoms with Crippen LogP contribution in [-0.2, 0) is 0 Å². The third-order valence-corrected chi connectivity index (χ3v) is 3.84. The lowest BCUT2D eigenvalue weighted by Crippen LogP contribution is -2.23. The Bertz CT molecular complexity index is 533. The maximum Gasteiger partial charge on any atom is 0.123 e. The lowest BCUT2D eigenvalue weighted by Gasteiger charge is -2.18. The molecule has 0 saturated carbocycles. The first-order valence-corrected chi connectivity index (χ1v) is 7.18. The second-order valence-corrected chi connectivity index (χ2v) is 5.46. The molecule has 2 rings (SSSR count). The Morgan fingerprint density at radius 3 is 2.68 bits per heavy atom. The highest BCUT2D eigenvalue weighted by Crippen LogP contribution is 2.28. The van der Waals surface area contributed by atoms with Gasteiger partial charge in [-0.25, -0.2) is 4.39 Å². The fraction of sp³-hybridized carbons (Fsp3) is 0.429. The zero-order valence-electron chi connectivity index (χ0n) is 11.4. The summed E-state index contributed by atoms with van der Waals surface area (Å²) in [6.07, 6.45) is 1.02. The fourth-order valence-corrected chi connectivity index (χ4v) is 2.83. The molecule has 0 amide bonds. The molecule has 0 radical (unpaired) electrons. The molecule has 0 bridgehead atoms. The van der Waals surface area contributed by atoms with Crippen molar-refractivity contribution >= 4 is 11.5 Å². The highest BCUT2D eigenvalue weighted by molar-refractivity contribution is 7.05.